The summed E-state index contributed by atoms with van der Waals surface area (Å²) < 4.78 is 6.40. The lowest BCUT2D eigenvalue weighted by molar-refractivity contribution is -0.120. The number of hydrogen-bond donors (Lipinski definition) is 1. The lowest BCUT2D eigenvalue weighted by atomic mass is 9.97. The van der Waals surface area contributed by atoms with Crippen molar-refractivity contribution in [2.24, 2.45) is 5.92 Å². The van der Waals surface area contributed by atoms with Crippen molar-refractivity contribution in [3.05, 3.63) is 65.1 Å². The standard InChI is InChI=1S/C23H23BrN4O2/c1-30-21-7-3-2-6-19(21)20-12-13-22(27-26-20)28-14-4-5-16(15-28)23(29)25-18-10-8-17(24)9-11-18/h2-3,6-13,16H,4-5,14-15H2,1H3,(H,25,29). The number of halogens is 1. The van der Waals surface area contributed by atoms with Crippen molar-refractivity contribution >= 4 is 33.3 Å². The highest BCUT2D eigenvalue weighted by atomic mass is 79.9. The zero-order valence-corrected chi connectivity index (χ0v) is 18.3. The van der Waals surface area contributed by atoms with Crippen LogP contribution in [0.1, 0.15) is 12.8 Å². The highest BCUT2D eigenvalue weighted by Gasteiger charge is 2.27. The number of nitrogens with one attached hydrogen (secondary N) is 1. The summed E-state index contributed by atoms with van der Waals surface area (Å²) in [6.45, 7) is 1.50. The number of methoxy groups -OCH3 is 1. The van der Waals surface area contributed by atoms with Gasteiger partial charge in [-0.05, 0) is 61.4 Å². The van der Waals surface area contributed by atoms with Gasteiger partial charge in [0.05, 0.1) is 18.7 Å². The average molecular weight is 467 g/mol. The third kappa shape index (κ3) is 4.62. The Balaban J connectivity index is 1.44. The normalized spacial score (nSPS) is 16.2. The Labute approximate surface area is 184 Å². The van der Waals surface area contributed by atoms with Crippen LogP contribution in [0, 0.1) is 5.92 Å². The minimum absolute atomic E-state index is 0.0422. The number of carbonyl (C=O) groups is 1. The molecule has 1 aromatic heterocycles. The molecule has 154 valence electrons. The van der Waals surface area contributed by atoms with E-state index < -0.39 is 0 Å². The number of nitrogens with zero attached hydrogens (tertiary/aromatic N) is 3. The molecular weight excluding hydrogens is 444 g/mol. The SMILES string of the molecule is COc1ccccc1-c1ccc(N2CCCC(C(=O)Nc3ccc(Br)cc3)C2)nn1. The van der Waals surface area contributed by atoms with Gasteiger partial charge >= 0.3 is 0 Å². The molecule has 1 atom stereocenters. The number of para-hydroxylation sites is 1. The maximum atomic E-state index is 12.7. The van der Waals surface area contributed by atoms with Crippen molar-refractivity contribution < 1.29 is 9.53 Å². The van der Waals surface area contributed by atoms with Gasteiger partial charge in [-0.2, -0.15) is 0 Å². The van der Waals surface area contributed by atoms with E-state index in [1.807, 2.05) is 60.7 Å². The highest BCUT2D eigenvalue weighted by Crippen LogP contribution is 2.29. The number of anilines is 2. The molecule has 7 heteroatoms. The predicted octanol–water partition coefficient (Wildman–Crippen LogP) is 4.77. The van der Waals surface area contributed by atoms with Crippen LogP contribution in [-0.4, -0.2) is 36.3 Å². The maximum absolute atomic E-state index is 12.7. The summed E-state index contributed by atoms with van der Waals surface area (Å²) in [5, 5.41) is 11.8. The number of amides is 1. The molecule has 30 heavy (non-hydrogen) atoms. The van der Waals surface area contributed by atoms with Gasteiger partial charge in [-0.25, -0.2) is 0 Å². The molecule has 1 N–H and O–H groups in total. The number of aromatic nitrogens is 2. The van der Waals surface area contributed by atoms with Gasteiger partial charge in [0.25, 0.3) is 0 Å². The number of carbonyl (C=O) groups excluding carboxylic acids is 1. The summed E-state index contributed by atoms with van der Waals surface area (Å²) in [6, 6.07) is 19.3. The van der Waals surface area contributed by atoms with E-state index >= 15 is 0 Å². The molecule has 3 aromatic rings. The molecule has 1 unspecified atom stereocenters. The Morgan fingerprint density at radius 1 is 1.10 bits per heavy atom. The van der Waals surface area contributed by atoms with Gasteiger partial charge in [-0.1, -0.05) is 28.1 Å². The Morgan fingerprint density at radius 3 is 2.63 bits per heavy atom. The lowest BCUT2D eigenvalue weighted by Crippen LogP contribution is -2.41. The van der Waals surface area contributed by atoms with Crippen LogP contribution in [0.2, 0.25) is 0 Å². The molecule has 1 aliphatic heterocycles. The molecule has 2 heterocycles. The monoisotopic (exact) mass is 466 g/mol. The van der Waals surface area contributed by atoms with E-state index in [9.17, 15) is 4.79 Å². The molecule has 0 saturated carbocycles. The van der Waals surface area contributed by atoms with Crippen LogP contribution in [0.5, 0.6) is 5.75 Å². The van der Waals surface area contributed by atoms with Crippen molar-refractivity contribution in [2.75, 3.05) is 30.4 Å². The molecule has 0 aliphatic carbocycles. The van der Waals surface area contributed by atoms with Crippen molar-refractivity contribution in [3.8, 4) is 17.0 Å². The molecule has 2 aromatic carbocycles. The number of ether oxygens (including phenoxy) is 1. The average Bonchev–Trinajstić information content (AvgIpc) is 2.80. The summed E-state index contributed by atoms with van der Waals surface area (Å²) in [5.74, 6) is 1.51. The maximum Gasteiger partial charge on any atom is 0.229 e. The van der Waals surface area contributed by atoms with E-state index in [0.29, 0.717) is 6.54 Å². The summed E-state index contributed by atoms with van der Waals surface area (Å²) >= 11 is 3.41. The van der Waals surface area contributed by atoms with Crippen molar-refractivity contribution in [1.82, 2.24) is 10.2 Å². The zero-order chi connectivity index (χ0) is 20.9. The van der Waals surface area contributed by atoms with Gasteiger partial charge in [0.1, 0.15) is 5.75 Å². The van der Waals surface area contributed by atoms with Gasteiger partial charge in [0.2, 0.25) is 5.91 Å². The van der Waals surface area contributed by atoms with E-state index in [4.69, 9.17) is 4.74 Å². The second-order valence-corrected chi connectivity index (χ2v) is 8.17. The lowest BCUT2D eigenvalue weighted by Gasteiger charge is -2.32. The van der Waals surface area contributed by atoms with Crippen LogP contribution in [-0.2, 0) is 4.79 Å². The van der Waals surface area contributed by atoms with Gasteiger partial charge in [0.15, 0.2) is 5.82 Å². The summed E-state index contributed by atoms with van der Waals surface area (Å²) in [4.78, 5) is 14.9. The highest BCUT2D eigenvalue weighted by molar-refractivity contribution is 9.10. The Morgan fingerprint density at radius 2 is 1.90 bits per heavy atom. The van der Waals surface area contributed by atoms with Crippen LogP contribution in [0.25, 0.3) is 11.3 Å². The van der Waals surface area contributed by atoms with Crippen molar-refractivity contribution in [1.29, 1.82) is 0 Å². The van der Waals surface area contributed by atoms with Crippen molar-refractivity contribution in [3.63, 3.8) is 0 Å². The van der Waals surface area contributed by atoms with E-state index in [2.05, 4.69) is 36.3 Å². The number of benzene rings is 2. The van der Waals surface area contributed by atoms with Crippen LogP contribution >= 0.6 is 15.9 Å². The molecule has 1 aliphatic rings. The van der Waals surface area contributed by atoms with Crippen LogP contribution in [0.4, 0.5) is 11.5 Å². The van der Waals surface area contributed by atoms with Crippen LogP contribution in [0.15, 0.2) is 65.1 Å². The van der Waals surface area contributed by atoms with Gasteiger partial charge in [-0.15, -0.1) is 10.2 Å². The first-order valence-corrected chi connectivity index (χ1v) is 10.7. The first-order valence-electron chi connectivity index (χ1n) is 9.92. The smallest absolute Gasteiger partial charge is 0.229 e. The summed E-state index contributed by atoms with van der Waals surface area (Å²) in [5.41, 5.74) is 2.48. The van der Waals surface area contributed by atoms with Gasteiger partial charge < -0.3 is 15.0 Å². The molecule has 1 fully saturated rings. The van der Waals surface area contributed by atoms with E-state index in [-0.39, 0.29) is 11.8 Å². The third-order valence-corrected chi connectivity index (χ3v) is 5.79. The first kappa shape index (κ1) is 20.3. The minimum atomic E-state index is -0.0851. The predicted molar refractivity (Wildman–Crippen MR) is 122 cm³/mol. The number of piperidine rings is 1. The molecule has 1 saturated heterocycles. The van der Waals surface area contributed by atoms with Crippen LogP contribution < -0.4 is 15.0 Å². The number of hydrogen-bond acceptors (Lipinski definition) is 5. The second kappa shape index (κ2) is 9.26. The van der Waals surface area contributed by atoms with E-state index in [1.54, 1.807) is 7.11 Å². The first-order chi connectivity index (χ1) is 14.6. The Bertz CT molecular complexity index is 1010. The molecule has 0 radical (unpaired) electrons. The molecule has 4 rings (SSSR count). The van der Waals surface area contributed by atoms with Gasteiger partial charge in [0, 0.05) is 28.8 Å². The fourth-order valence-corrected chi connectivity index (χ4v) is 3.93. The molecule has 1 amide bonds. The molecular formula is C23H23BrN4O2. The second-order valence-electron chi connectivity index (χ2n) is 7.26. The minimum Gasteiger partial charge on any atom is -0.496 e. The zero-order valence-electron chi connectivity index (χ0n) is 16.7. The molecule has 6 nitrogen and oxygen atoms in total. The van der Waals surface area contributed by atoms with E-state index in [0.717, 1.165) is 52.4 Å². The summed E-state index contributed by atoms with van der Waals surface area (Å²) in [7, 11) is 1.65. The fraction of sp³-hybridized carbons (Fsp3) is 0.261. The summed E-state index contributed by atoms with van der Waals surface area (Å²) in [6.07, 6.45) is 1.81. The quantitative estimate of drug-likeness (QED) is 0.586. The molecule has 0 spiro atoms. The van der Waals surface area contributed by atoms with Gasteiger partial charge in [-0.3, -0.25) is 4.79 Å². The largest absolute Gasteiger partial charge is 0.496 e. The van der Waals surface area contributed by atoms with Crippen molar-refractivity contribution in [2.45, 2.75) is 12.8 Å². The van der Waals surface area contributed by atoms with Crippen LogP contribution in [0.3, 0.4) is 0 Å². The fourth-order valence-electron chi connectivity index (χ4n) is 3.67. The number of rotatable bonds is 5. The Kier molecular flexibility index (Phi) is 6.28. The van der Waals surface area contributed by atoms with E-state index in [1.165, 1.54) is 0 Å². The Hall–Kier alpha value is -2.93. The topological polar surface area (TPSA) is 67.3 Å². The molecule has 0 bridgehead atoms. The third-order valence-electron chi connectivity index (χ3n) is 5.26.